The highest BCUT2D eigenvalue weighted by molar-refractivity contribution is 9.10. The third-order valence-electron chi connectivity index (χ3n) is 2.64. The summed E-state index contributed by atoms with van der Waals surface area (Å²) in [5.74, 6) is -0.123. The minimum absolute atomic E-state index is 0.123. The molecule has 2 aromatic rings. The third kappa shape index (κ3) is 2.76. The van der Waals surface area contributed by atoms with E-state index < -0.39 is 6.04 Å². The standard InChI is InChI=1S/C12H13BrN4O/c1-8-5-10(3-4-11(8)13)16-12(18)9(2)17-7-14-6-15-17/h3-7,9H,1-2H3,(H,16,18). The Bertz CT molecular complexity index is 553. The second kappa shape index (κ2) is 5.30. The number of nitrogens with one attached hydrogen (secondary N) is 1. The van der Waals surface area contributed by atoms with Crippen LogP contribution >= 0.6 is 15.9 Å². The minimum atomic E-state index is -0.392. The lowest BCUT2D eigenvalue weighted by Gasteiger charge is -2.12. The summed E-state index contributed by atoms with van der Waals surface area (Å²) in [6.45, 7) is 3.75. The van der Waals surface area contributed by atoms with Crippen LogP contribution in [0, 0.1) is 6.92 Å². The molecule has 94 valence electrons. The smallest absolute Gasteiger partial charge is 0.249 e. The number of rotatable bonds is 3. The zero-order chi connectivity index (χ0) is 13.1. The van der Waals surface area contributed by atoms with Crippen LogP contribution in [0.15, 0.2) is 35.3 Å². The van der Waals surface area contributed by atoms with Gasteiger partial charge in [0.1, 0.15) is 18.7 Å². The number of carbonyl (C=O) groups is 1. The van der Waals surface area contributed by atoms with E-state index in [-0.39, 0.29) is 5.91 Å². The maximum Gasteiger partial charge on any atom is 0.249 e. The van der Waals surface area contributed by atoms with Crippen molar-refractivity contribution in [2.24, 2.45) is 0 Å². The molecule has 1 aromatic carbocycles. The van der Waals surface area contributed by atoms with Gasteiger partial charge in [0.25, 0.3) is 0 Å². The van der Waals surface area contributed by atoms with Crippen molar-refractivity contribution < 1.29 is 4.79 Å². The molecule has 0 aliphatic rings. The van der Waals surface area contributed by atoms with Crippen LogP contribution in [0.4, 0.5) is 5.69 Å². The lowest BCUT2D eigenvalue weighted by molar-refractivity contribution is -0.119. The van der Waals surface area contributed by atoms with Gasteiger partial charge in [-0.3, -0.25) is 4.79 Å². The van der Waals surface area contributed by atoms with Crippen molar-refractivity contribution in [1.29, 1.82) is 0 Å². The molecule has 0 saturated heterocycles. The predicted octanol–water partition coefficient (Wildman–Crippen LogP) is 2.55. The van der Waals surface area contributed by atoms with Crippen LogP contribution in [0.3, 0.4) is 0 Å². The third-order valence-corrected chi connectivity index (χ3v) is 3.53. The number of anilines is 1. The fourth-order valence-corrected chi connectivity index (χ4v) is 1.75. The summed E-state index contributed by atoms with van der Waals surface area (Å²) < 4.78 is 2.53. The van der Waals surface area contributed by atoms with Crippen molar-refractivity contribution in [3.63, 3.8) is 0 Å². The van der Waals surface area contributed by atoms with E-state index in [4.69, 9.17) is 0 Å². The highest BCUT2D eigenvalue weighted by Crippen LogP contribution is 2.20. The molecule has 2 rings (SSSR count). The molecule has 6 heteroatoms. The monoisotopic (exact) mass is 308 g/mol. The van der Waals surface area contributed by atoms with Gasteiger partial charge in [0.2, 0.25) is 5.91 Å². The first-order valence-electron chi connectivity index (χ1n) is 5.49. The zero-order valence-electron chi connectivity index (χ0n) is 10.1. The average molecular weight is 309 g/mol. The number of hydrogen-bond donors (Lipinski definition) is 1. The van der Waals surface area contributed by atoms with E-state index in [1.54, 1.807) is 6.92 Å². The maximum absolute atomic E-state index is 12.0. The van der Waals surface area contributed by atoms with Gasteiger partial charge >= 0.3 is 0 Å². The van der Waals surface area contributed by atoms with E-state index in [1.165, 1.54) is 17.3 Å². The van der Waals surface area contributed by atoms with E-state index in [0.717, 1.165) is 15.7 Å². The second-order valence-electron chi connectivity index (χ2n) is 4.00. The molecule has 1 heterocycles. The summed E-state index contributed by atoms with van der Waals surface area (Å²) >= 11 is 3.42. The van der Waals surface area contributed by atoms with Crippen LogP contribution in [0.25, 0.3) is 0 Å². The Kier molecular flexibility index (Phi) is 3.76. The fourth-order valence-electron chi connectivity index (χ4n) is 1.51. The largest absolute Gasteiger partial charge is 0.324 e. The Labute approximate surface area is 113 Å². The molecule has 0 saturated carbocycles. The molecule has 0 aliphatic carbocycles. The van der Waals surface area contributed by atoms with Crippen LogP contribution in [0.5, 0.6) is 0 Å². The SMILES string of the molecule is Cc1cc(NC(=O)C(C)n2cncn2)ccc1Br. The van der Waals surface area contributed by atoms with E-state index in [2.05, 4.69) is 31.3 Å². The molecule has 1 aromatic heterocycles. The van der Waals surface area contributed by atoms with Gasteiger partial charge in [-0.2, -0.15) is 5.10 Å². The van der Waals surface area contributed by atoms with Crippen molar-refractivity contribution in [1.82, 2.24) is 14.8 Å². The first kappa shape index (κ1) is 12.8. The number of aromatic nitrogens is 3. The average Bonchev–Trinajstić information content (AvgIpc) is 2.86. The second-order valence-corrected chi connectivity index (χ2v) is 4.86. The summed E-state index contributed by atoms with van der Waals surface area (Å²) in [4.78, 5) is 15.8. The first-order chi connectivity index (χ1) is 8.58. The van der Waals surface area contributed by atoms with Gasteiger partial charge in [0.05, 0.1) is 0 Å². The molecular weight excluding hydrogens is 296 g/mol. The quantitative estimate of drug-likeness (QED) is 0.948. The number of hydrogen-bond acceptors (Lipinski definition) is 3. The normalized spacial score (nSPS) is 12.2. The summed E-state index contributed by atoms with van der Waals surface area (Å²) in [7, 11) is 0. The Morgan fingerprint density at radius 2 is 2.28 bits per heavy atom. The van der Waals surface area contributed by atoms with Crippen molar-refractivity contribution in [3.05, 3.63) is 40.9 Å². The molecule has 18 heavy (non-hydrogen) atoms. The van der Waals surface area contributed by atoms with Gasteiger partial charge in [-0.25, -0.2) is 9.67 Å². The predicted molar refractivity (Wildman–Crippen MR) is 72.2 cm³/mol. The molecule has 1 amide bonds. The van der Waals surface area contributed by atoms with Crippen molar-refractivity contribution in [2.75, 3.05) is 5.32 Å². The summed E-state index contributed by atoms with van der Waals surface area (Å²) in [6.07, 6.45) is 2.94. The van der Waals surface area contributed by atoms with Gasteiger partial charge in [-0.05, 0) is 37.6 Å². The van der Waals surface area contributed by atoms with Gasteiger partial charge < -0.3 is 5.32 Å². The summed E-state index contributed by atoms with van der Waals surface area (Å²) in [5, 5.41) is 6.80. The van der Waals surface area contributed by atoms with Crippen LogP contribution in [-0.4, -0.2) is 20.7 Å². The zero-order valence-corrected chi connectivity index (χ0v) is 11.7. The summed E-state index contributed by atoms with van der Waals surface area (Å²) in [5.41, 5.74) is 1.84. The Morgan fingerprint density at radius 1 is 1.50 bits per heavy atom. The first-order valence-corrected chi connectivity index (χ1v) is 6.28. The van der Waals surface area contributed by atoms with Crippen LogP contribution < -0.4 is 5.32 Å². The number of aryl methyl sites for hydroxylation is 1. The summed E-state index contributed by atoms with van der Waals surface area (Å²) in [6, 6.07) is 5.28. The van der Waals surface area contributed by atoms with Crippen LogP contribution in [0.2, 0.25) is 0 Å². The maximum atomic E-state index is 12.0. The van der Waals surface area contributed by atoms with Crippen molar-refractivity contribution in [3.8, 4) is 0 Å². The molecule has 5 nitrogen and oxygen atoms in total. The molecule has 1 N–H and O–H groups in total. The van der Waals surface area contributed by atoms with E-state index in [0.29, 0.717) is 0 Å². The number of halogens is 1. The minimum Gasteiger partial charge on any atom is -0.324 e. The number of carbonyl (C=O) groups excluding carboxylic acids is 1. The highest BCUT2D eigenvalue weighted by atomic mass is 79.9. The lowest BCUT2D eigenvalue weighted by atomic mass is 10.2. The van der Waals surface area contributed by atoms with Crippen molar-refractivity contribution in [2.45, 2.75) is 19.9 Å². The fraction of sp³-hybridized carbons (Fsp3) is 0.250. The molecule has 1 unspecified atom stereocenters. The number of nitrogens with zero attached hydrogens (tertiary/aromatic N) is 3. The molecular formula is C12H13BrN4O. The van der Waals surface area contributed by atoms with Crippen LogP contribution in [-0.2, 0) is 4.79 Å². The highest BCUT2D eigenvalue weighted by Gasteiger charge is 2.15. The number of benzene rings is 1. The molecule has 0 bridgehead atoms. The van der Waals surface area contributed by atoms with Gasteiger partial charge in [0.15, 0.2) is 0 Å². The molecule has 0 spiro atoms. The van der Waals surface area contributed by atoms with Gasteiger partial charge in [-0.1, -0.05) is 15.9 Å². The Balaban J connectivity index is 2.09. The van der Waals surface area contributed by atoms with E-state index in [9.17, 15) is 4.79 Å². The van der Waals surface area contributed by atoms with E-state index in [1.807, 2.05) is 25.1 Å². The lowest BCUT2D eigenvalue weighted by Crippen LogP contribution is -2.24. The van der Waals surface area contributed by atoms with E-state index >= 15 is 0 Å². The topological polar surface area (TPSA) is 59.8 Å². The molecule has 0 radical (unpaired) electrons. The van der Waals surface area contributed by atoms with Gasteiger partial charge in [-0.15, -0.1) is 0 Å². The molecule has 0 fully saturated rings. The van der Waals surface area contributed by atoms with Crippen LogP contribution in [0.1, 0.15) is 18.5 Å². The van der Waals surface area contributed by atoms with Crippen molar-refractivity contribution >= 4 is 27.5 Å². The number of amides is 1. The molecule has 1 atom stereocenters. The Morgan fingerprint density at radius 3 is 2.89 bits per heavy atom. The van der Waals surface area contributed by atoms with Gasteiger partial charge in [0, 0.05) is 10.2 Å². The molecule has 0 aliphatic heterocycles. The Hall–Kier alpha value is -1.69.